The topological polar surface area (TPSA) is 73.1 Å². The van der Waals surface area contributed by atoms with Crippen molar-refractivity contribution in [3.8, 4) is 11.5 Å². The zero-order valence-corrected chi connectivity index (χ0v) is 11.8. The van der Waals surface area contributed by atoms with Gasteiger partial charge < -0.3 is 13.7 Å². The number of nitrogens with one attached hydrogen (secondary N) is 1. The number of hydrogen-bond acceptors (Lipinski definition) is 5. The molecule has 1 N–H and O–H groups in total. The number of H-pyrrole nitrogens is 1. The molecule has 0 bridgehead atoms. The molecule has 0 fully saturated rings. The first kappa shape index (κ1) is 13.7. The number of aromatic amines is 1. The number of aryl methyl sites for hydroxylation is 2. The second kappa shape index (κ2) is 5.50. The SMILES string of the molecule is COCCn1c(C)cc(C)c(-c2n[nH]c(=S)o2)c1=O. The van der Waals surface area contributed by atoms with Crippen LogP contribution in [-0.2, 0) is 11.3 Å². The van der Waals surface area contributed by atoms with Gasteiger partial charge in [0.1, 0.15) is 5.56 Å². The van der Waals surface area contributed by atoms with E-state index in [1.54, 1.807) is 11.7 Å². The number of ether oxygens (including phenoxy) is 1. The minimum atomic E-state index is -0.153. The Bertz CT molecular complexity index is 699. The maximum absolute atomic E-state index is 12.5. The quantitative estimate of drug-likeness (QED) is 0.865. The van der Waals surface area contributed by atoms with Crippen molar-refractivity contribution in [2.75, 3.05) is 13.7 Å². The molecule has 7 heteroatoms. The number of pyridine rings is 1. The Labute approximate surface area is 115 Å². The molecule has 0 amide bonds. The van der Waals surface area contributed by atoms with E-state index in [2.05, 4.69) is 10.2 Å². The molecule has 102 valence electrons. The molecule has 2 aromatic heterocycles. The monoisotopic (exact) mass is 281 g/mol. The van der Waals surface area contributed by atoms with Crippen LogP contribution in [0.3, 0.4) is 0 Å². The molecular weight excluding hydrogens is 266 g/mol. The molecule has 0 unspecified atom stereocenters. The van der Waals surface area contributed by atoms with Crippen LogP contribution in [0.2, 0.25) is 0 Å². The predicted octanol–water partition coefficient (Wildman–Crippen LogP) is 1.82. The maximum Gasteiger partial charge on any atom is 0.284 e. The number of rotatable bonds is 4. The van der Waals surface area contributed by atoms with E-state index in [-0.39, 0.29) is 16.3 Å². The highest BCUT2D eigenvalue weighted by Crippen LogP contribution is 2.18. The Kier molecular flexibility index (Phi) is 3.96. The lowest BCUT2D eigenvalue weighted by atomic mass is 10.1. The normalized spacial score (nSPS) is 10.9. The van der Waals surface area contributed by atoms with Crippen molar-refractivity contribution in [2.24, 2.45) is 0 Å². The zero-order chi connectivity index (χ0) is 14.0. The van der Waals surface area contributed by atoms with Gasteiger partial charge in [0.2, 0.25) is 0 Å². The average Bonchev–Trinajstić information content (AvgIpc) is 2.75. The van der Waals surface area contributed by atoms with Crippen LogP contribution in [0.25, 0.3) is 11.5 Å². The Hall–Kier alpha value is -1.73. The second-order valence-corrected chi connectivity index (χ2v) is 4.58. The molecule has 0 aliphatic heterocycles. The van der Waals surface area contributed by atoms with Crippen LogP contribution >= 0.6 is 12.2 Å². The van der Waals surface area contributed by atoms with Gasteiger partial charge in [0.25, 0.3) is 16.3 Å². The van der Waals surface area contributed by atoms with Crippen molar-refractivity contribution in [1.82, 2.24) is 14.8 Å². The summed E-state index contributed by atoms with van der Waals surface area (Å²) in [6.07, 6.45) is 0. The van der Waals surface area contributed by atoms with E-state index in [9.17, 15) is 4.79 Å². The molecule has 2 heterocycles. The van der Waals surface area contributed by atoms with Crippen LogP contribution in [0.5, 0.6) is 0 Å². The molecule has 0 atom stereocenters. The molecule has 2 rings (SSSR count). The van der Waals surface area contributed by atoms with Gasteiger partial charge >= 0.3 is 0 Å². The lowest BCUT2D eigenvalue weighted by molar-refractivity contribution is 0.185. The third-order valence-electron chi connectivity index (χ3n) is 2.88. The van der Waals surface area contributed by atoms with E-state index in [1.807, 2.05) is 19.9 Å². The average molecular weight is 281 g/mol. The van der Waals surface area contributed by atoms with Gasteiger partial charge in [-0.25, -0.2) is 5.10 Å². The Balaban J connectivity index is 2.61. The van der Waals surface area contributed by atoms with Gasteiger partial charge in [-0.2, -0.15) is 0 Å². The second-order valence-electron chi connectivity index (χ2n) is 4.21. The molecule has 0 saturated heterocycles. The molecule has 0 spiro atoms. The van der Waals surface area contributed by atoms with Crippen molar-refractivity contribution in [3.05, 3.63) is 32.5 Å². The minimum absolute atomic E-state index is 0.151. The fraction of sp³-hybridized carbons (Fsp3) is 0.417. The molecule has 2 aromatic rings. The molecule has 0 radical (unpaired) electrons. The van der Waals surface area contributed by atoms with Crippen LogP contribution in [0.4, 0.5) is 0 Å². The molecule has 0 aliphatic carbocycles. The first-order valence-electron chi connectivity index (χ1n) is 5.80. The van der Waals surface area contributed by atoms with Crippen LogP contribution in [0.1, 0.15) is 11.3 Å². The number of methoxy groups -OCH3 is 1. The fourth-order valence-corrected chi connectivity index (χ4v) is 2.11. The number of aromatic nitrogens is 3. The molecule has 19 heavy (non-hydrogen) atoms. The molecule has 6 nitrogen and oxygen atoms in total. The standard InChI is InChI=1S/C12H15N3O3S/c1-7-6-8(2)15(4-5-17-3)11(16)9(7)10-13-14-12(19)18-10/h6H,4-5H2,1-3H3,(H,14,19). The molecule has 0 aromatic carbocycles. The van der Waals surface area contributed by atoms with E-state index >= 15 is 0 Å². The Morgan fingerprint density at radius 1 is 1.53 bits per heavy atom. The van der Waals surface area contributed by atoms with Crippen LogP contribution in [0, 0.1) is 18.7 Å². The zero-order valence-electron chi connectivity index (χ0n) is 11.0. The summed E-state index contributed by atoms with van der Waals surface area (Å²) in [6.45, 7) is 4.68. The smallest absolute Gasteiger partial charge is 0.284 e. The molecule has 0 aliphatic rings. The lowest BCUT2D eigenvalue weighted by Gasteiger charge is -2.12. The maximum atomic E-state index is 12.5. The van der Waals surface area contributed by atoms with Crippen molar-refractivity contribution >= 4 is 12.2 Å². The first-order chi connectivity index (χ1) is 9.04. The summed E-state index contributed by atoms with van der Waals surface area (Å²) >= 11 is 4.83. The highest BCUT2D eigenvalue weighted by atomic mass is 32.1. The van der Waals surface area contributed by atoms with E-state index in [4.69, 9.17) is 21.4 Å². The van der Waals surface area contributed by atoms with Gasteiger partial charge in [-0.15, -0.1) is 5.10 Å². The highest BCUT2D eigenvalue weighted by molar-refractivity contribution is 7.71. The van der Waals surface area contributed by atoms with Gasteiger partial charge in [-0.3, -0.25) is 4.79 Å². The summed E-state index contributed by atoms with van der Waals surface area (Å²) in [5, 5.41) is 6.44. The third-order valence-corrected chi connectivity index (χ3v) is 3.05. The van der Waals surface area contributed by atoms with E-state index in [0.717, 1.165) is 11.3 Å². The first-order valence-corrected chi connectivity index (χ1v) is 6.21. The minimum Gasteiger partial charge on any atom is -0.409 e. The largest absolute Gasteiger partial charge is 0.409 e. The van der Waals surface area contributed by atoms with Crippen LogP contribution in [-0.4, -0.2) is 28.5 Å². The van der Waals surface area contributed by atoms with Gasteiger partial charge in [-0.1, -0.05) is 0 Å². The highest BCUT2D eigenvalue weighted by Gasteiger charge is 2.16. The van der Waals surface area contributed by atoms with E-state index in [0.29, 0.717) is 18.7 Å². The van der Waals surface area contributed by atoms with Gasteiger partial charge in [0.15, 0.2) is 0 Å². The van der Waals surface area contributed by atoms with Crippen LogP contribution < -0.4 is 5.56 Å². The Morgan fingerprint density at radius 3 is 2.84 bits per heavy atom. The molecular formula is C12H15N3O3S. The summed E-state index contributed by atoms with van der Waals surface area (Å²) < 4.78 is 11.9. The van der Waals surface area contributed by atoms with Gasteiger partial charge in [0, 0.05) is 19.3 Å². The van der Waals surface area contributed by atoms with E-state index < -0.39 is 0 Å². The van der Waals surface area contributed by atoms with Crippen LogP contribution in [0.15, 0.2) is 15.3 Å². The fourth-order valence-electron chi connectivity index (χ4n) is 1.98. The summed E-state index contributed by atoms with van der Waals surface area (Å²) in [7, 11) is 1.60. The number of hydrogen-bond donors (Lipinski definition) is 1. The molecule has 0 saturated carbocycles. The summed E-state index contributed by atoms with van der Waals surface area (Å²) in [4.78, 5) is 12.6. The van der Waals surface area contributed by atoms with Gasteiger partial charge in [0.05, 0.1) is 6.61 Å². The predicted molar refractivity (Wildman–Crippen MR) is 72.7 cm³/mol. The van der Waals surface area contributed by atoms with Crippen molar-refractivity contribution in [3.63, 3.8) is 0 Å². The summed E-state index contributed by atoms with van der Waals surface area (Å²) in [5.41, 5.74) is 1.95. The van der Waals surface area contributed by atoms with Crippen molar-refractivity contribution in [2.45, 2.75) is 20.4 Å². The summed E-state index contributed by atoms with van der Waals surface area (Å²) in [6, 6.07) is 1.92. The van der Waals surface area contributed by atoms with E-state index in [1.165, 1.54) is 0 Å². The van der Waals surface area contributed by atoms with Crippen molar-refractivity contribution < 1.29 is 9.15 Å². The third kappa shape index (κ3) is 2.66. The number of nitrogens with zero attached hydrogens (tertiary/aromatic N) is 2. The summed E-state index contributed by atoms with van der Waals surface area (Å²) in [5.74, 6) is 0.221. The Morgan fingerprint density at radius 2 is 2.26 bits per heavy atom. The van der Waals surface area contributed by atoms with Crippen molar-refractivity contribution in [1.29, 1.82) is 0 Å². The lowest BCUT2D eigenvalue weighted by Crippen LogP contribution is -2.26. The van der Waals surface area contributed by atoms with Gasteiger partial charge in [-0.05, 0) is 37.7 Å².